The van der Waals surface area contributed by atoms with Gasteiger partial charge in [-0.3, -0.25) is 0 Å². The summed E-state index contributed by atoms with van der Waals surface area (Å²) in [5.41, 5.74) is 3.08. The molecule has 0 amide bonds. The summed E-state index contributed by atoms with van der Waals surface area (Å²) in [7, 11) is 0. The van der Waals surface area contributed by atoms with Crippen LogP contribution in [0, 0.1) is 6.92 Å². The Labute approximate surface area is 164 Å². The van der Waals surface area contributed by atoms with E-state index in [1.807, 2.05) is 10.7 Å². The van der Waals surface area contributed by atoms with Crippen molar-refractivity contribution in [2.45, 2.75) is 30.8 Å². The number of thioether (sulfide) groups is 1. The minimum atomic E-state index is 0.535. The molecule has 0 aliphatic heterocycles. The molecule has 3 aromatic heterocycles. The number of hydrogen-bond acceptors (Lipinski definition) is 6. The predicted octanol–water partition coefficient (Wildman–Crippen LogP) is 4.78. The molecule has 0 saturated carbocycles. The quantitative estimate of drug-likeness (QED) is 0.343. The largest absolute Gasteiger partial charge is 0.236 e. The number of pyridine rings is 1. The van der Waals surface area contributed by atoms with E-state index >= 15 is 0 Å². The van der Waals surface area contributed by atoms with Gasteiger partial charge in [-0.25, -0.2) is 9.67 Å². The van der Waals surface area contributed by atoms with Gasteiger partial charge < -0.3 is 0 Å². The van der Waals surface area contributed by atoms with Crippen LogP contribution >= 0.6 is 34.7 Å². The third kappa shape index (κ3) is 3.90. The predicted molar refractivity (Wildman–Crippen MR) is 107 cm³/mol. The lowest BCUT2D eigenvalue weighted by Crippen LogP contribution is -2.04. The molecule has 0 fully saturated rings. The lowest BCUT2D eigenvalue weighted by molar-refractivity contribution is 0.550. The van der Waals surface area contributed by atoms with Gasteiger partial charge in [-0.15, -0.1) is 16.4 Å². The molecule has 0 aliphatic rings. The van der Waals surface area contributed by atoms with Crippen LogP contribution in [0.25, 0.3) is 10.9 Å². The van der Waals surface area contributed by atoms with Gasteiger partial charge in [0.25, 0.3) is 0 Å². The number of thiophene rings is 1. The Morgan fingerprint density at radius 2 is 2.15 bits per heavy atom. The Morgan fingerprint density at radius 1 is 1.23 bits per heavy atom. The molecule has 132 valence electrons. The molecule has 0 bridgehead atoms. The number of aryl methyl sites for hydroxylation is 3. The molecule has 5 nitrogen and oxygen atoms in total. The second-order valence-electron chi connectivity index (χ2n) is 5.94. The zero-order valence-electron chi connectivity index (χ0n) is 14.1. The summed E-state index contributed by atoms with van der Waals surface area (Å²) in [6, 6.07) is 12.5. The number of rotatable bonds is 6. The van der Waals surface area contributed by atoms with Crippen molar-refractivity contribution in [2.75, 3.05) is 0 Å². The molecule has 26 heavy (non-hydrogen) atoms. The Balaban J connectivity index is 1.47. The molecule has 0 atom stereocenters. The van der Waals surface area contributed by atoms with E-state index in [9.17, 15) is 0 Å². The topological polar surface area (TPSA) is 56.5 Å². The number of benzene rings is 1. The summed E-state index contributed by atoms with van der Waals surface area (Å²) < 4.78 is 1.84. The zero-order valence-corrected chi connectivity index (χ0v) is 16.5. The van der Waals surface area contributed by atoms with Gasteiger partial charge in [0.15, 0.2) is 0 Å². The maximum absolute atomic E-state index is 6.38. The minimum absolute atomic E-state index is 0.535. The number of tetrazole rings is 1. The molecule has 0 aliphatic carbocycles. The first kappa shape index (κ1) is 17.5. The smallest absolute Gasteiger partial charge is 0.209 e. The van der Waals surface area contributed by atoms with Crippen molar-refractivity contribution in [3.63, 3.8) is 0 Å². The van der Waals surface area contributed by atoms with Crippen molar-refractivity contribution in [3.8, 4) is 0 Å². The minimum Gasteiger partial charge on any atom is -0.236 e. The molecule has 0 saturated heterocycles. The summed E-state index contributed by atoms with van der Waals surface area (Å²) in [5.74, 6) is 0.676. The second kappa shape index (κ2) is 7.73. The van der Waals surface area contributed by atoms with Gasteiger partial charge in [0.1, 0.15) is 5.15 Å². The molecular weight excluding hydrogens is 386 g/mol. The average Bonchev–Trinajstić information content (AvgIpc) is 3.29. The second-order valence-corrected chi connectivity index (χ2v) is 8.27. The van der Waals surface area contributed by atoms with Crippen LogP contribution in [0.1, 0.15) is 16.0 Å². The van der Waals surface area contributed by atoms with E-state index in [1.54, 1.807) is 23.1 Å². The number of aromatic nitrogens is 5. The van der Waals surface area contributed by atoms with Gasteiger partial charge >= 0.3 is 0 Å². The van der Waals surface area contributed by atoms with Crippen LogP contribution < -0.4 is 0 Å². The highest BCUT2D eigenvalue weighted by atomic mass is 35.5. The van der Waals surface area contributed by atoms with E-state index in [0.29, 0.717) is 10.9 Å². The van der Waals surface area contributed by atoms with E-state index < -0.39 is 0 Å². The van der Waals surface area contributed by atoms with Gasteiger partial charge in [0.2, 0.25) is 5.16 Å². The van der Waals surface area contributed by atoms with Crippen molar-refractivity contribution in [1.29, 1.82) is 0 Å². The molecule has 4 rings (SSSR count). The number of nitrogens with zero attached hydrogens (tertiary/aromatic N) is 5. The highest BCUT2D eigenvalue weighted by Gasteiger charge is 2.11. The summed E-state index contributed by atoms with van der Waals surface area (Å²) >= 11 is 9.71. The third-order valence-corrected chi connectivity index (χ3v) is 6.27. The van der Waals surface area contributed by atoms with Crippen molar-refractivity contribution in [2.24, 2.45) is 0 Å². The van der Waals surface area contributed by atoms with Crippen LogP contribution in [0.3, 0.4) is 0 Å². The van der Waals surface area contributed by atoms with Crippen LogP contribution in [0.5, 0.6) is 0 Å². The van der Waals surface area contributed by atoms with E-state index in [4.69, 9.17) is 11.6 Å². The van der Waals surface area contributed by atoms with Gasteiger partial charge in [-0.2, -0.15) is 0 Å². The molecule has 0 N–H and O–H groups in total. The fourth-order valence-corrected chi connectivity index (χ4v) is 4.52. The molecule has 8 heteroatoms. The van der Waals surface area contributed by atoms with E-state index in [1.165, 1.54) is 10.4 Å². The lowest BCUT2D eigenvalue weighted by atomic mass is 10.1. The summed E-state index contributed by atoms with van der Waals surface area (Å²) in [4.78, 5) is 5.85. The Morgan fingerprint density at radius 3 is 3.00 bits per heavy atom. The van der Waals surface area contributed by atoms with Crippen LogP contribution in [-0.4, -0.2) is 25.2 Å². The normalized spacial score (nSPS) is 11.3. The fourth-order valence-electron chi connectivity index (χ4n) is 2.65. The third-order valence-electron chi connectivity index (χ3n) is 4.01. The van der Waals surface area contributed by atoms with Gasteiger partial charge in [-0.1, -0.05) is 41.6 Å². The van der Waals surface area contributed by atoms with E-state index in [-0.39, 0.29) is 0 Å². The highest BCUT2D eigenvalue weighted by Crippen LogP contribution is 2.27. The van der Waals surface area contributed by atoms with Gasteiger partial charge in [-0.05, 0) is 46.5 Å². The molecule has 1 aromatic carbocycles. The Kier molecular flexibility index (Phi) is 5.19. The Hall–Kier alpha value is -1.96. The molecule has 4 aromatic rings. The highest BCUT2D eigenvalue weighted by molar-refractivity contribution is 7.98. The number of hydrogen-bond donors (Lipinski definition) is 0. The summed E-state index contributed by atoms with van der Waals surface area (Å²) in [6.45, 7) is 2.81. The Bertz CT molecular complexity index is 1030. The number of halogens is 1. The van der Waals surface area contributed by atoms with E-state index in [2.05, 4.69) is 63.1 Å². The molecule has 0 unspecified atom stereocenters. The number of fused-ring (bicyclic) bond motifs is 1. The monoisotopic (exact) mass is 401 g/mol. The van der Waals surface area contributed by atoms with Crippen molar-refractivity contribution >= 4 is 45.6 Å². The standard InChI is InChI=1S/C18H16ClN5S2/c1-12-4-5-13-10-14(17(19)20-16(13)9-12)11-26-18-21-22-23-24(18)7-6-15-3-2-8-25-15/h2-5,8-10H,6-7,11H2,1H3. The van der Waals surface area contributed by atoms with Crippen LogP contribution in [-0.2, 0) is 18.7 Å². The zero-order chi connectivity index (χ0) is 17.9. The maximum Gasteiger partial charge on any atom is 0.209 e. The first-order valence-corrected chi connectivity index (χ1v) is 10.4. The SMILES string of the molecule is Cc1ccc2cc(CSc3nnnn3CCc3cccs3)c(Cl)nc2c1. The van der Waals surface area contributed by atoms with Crippen LogP contribution in [0.2, 0.25) is 5.15 Å². The molecule has 0 radical (unpaired) electrons. The lowest BCUT2D eigenvalue weighted by Gasteiger charge is -2.07. The summed E-state index contributed by atoms with van der Waals surface area (Å²) in [6.07, 6.45) is 0.925. The first-order chi connectivity index (χ1) is 12.7. The van der Waals surface area contributed by atoms with E-state index in [0.717, 1.165) is 34.6 Å². The van der Waals surface area contributed by atoms with Crippen molar-refractivity contribution < 1.29 is 0 Å². The van der Waals surface area contributed by atoms with Gasteiger partial charge in [0, 0.05) is 28.0 Å². The van der Waals surface area contributed by atoms with Crippen molar-refractivity contribution in [3.05, 3.63) is 62.9 Å². The first-order valence-electron chi connectivity index (χ1n) is 8.16. The van der Waals surface area contributed by atoms with Crippen LogP contribution in [0.15, 0.2) is 46.9 Å². The van der Waals surface area contributed by atoms with Crippen LogP contribution in [0.4, 0.5) is 0 Å². The summed E-state index contributed by atoms with van der Waals surface area (Å²) in [5, 5.41) is 16.6. The average molecular weight is 402 g/mol. The fraction of sp³-hybridized carbons (Fsp3) is 0.222. The molecule has 3 heterocycles. The van der Waals surface area contributed by atoms with Crippen molar-refractivity contribution in [1.82, 2.24) is 25.2 Å². The maximum atomic E-state index is 6.38. The molecule has 0 spiro atoms. The molecular formula is C18H16ClN5S2. The van der Waals surface area contributed by atoms with Gasteiger partial charge in [0.05, 0.1) is 12.1 Å².